The summed E-state index contributed by atoms with van der Waals surface area (Å²) in [6.45, 7) is 4.15. The Kier molecular flexibility index (Phi) is 5.41. The summed E-state index contributed by atoms with van der Waals surface area (Å²) >= 11 is 0. The number of carbonyl (C=O) groups excluding carboxylic acids is 1. The largest absolute Gasteiger partial charge is 0.395 e. The molecule has 110 valence electrons. The predicted octanol–water partition coefficient (Wildman–Crippen LogP) is 2.28. The summed E-state index contributed by atoms with van der Waals surface area (Å²) in [7, 11) is 0. The van der Waals surface area contributed by atoms with Crippen LogP contribution in [0.15, 0.2) is 18.2 Å². The molecule has 2 N–H and O–H groups in total. The third-order valence-corrected chi connectivity index (χ3v) is 3.74. The lowest BCUT2D eigenvalue weighted by Gasteiger charge is -2.26. The van der Waals surface area contributed by atoms with Crippen LogP contribution in [0.2, 0.25) is 0 Å². The molecule has 0 atom stereocenters. The normalized spacial score (nSPS) is 13.5. The standard InChI is InChI=1S/C16H24N2O2/c1-2-3-10-18(11-12-19)16(20)14-8-4-6-13-7-5-9-17-15(13)14/h4,6,8,17,19H,2-3,5,7,9-12H2,1H3. The van der Waals surface area contributed by atoms with E-state index in [0.717, 1.165) is 43.5 Å². The van der Waals surface area contributed by atoms with Crippen LogP contribution in [0, 0.1) is 0 Å². The Morgan fingerprint density at radius 2 is 2.25 bits per heavy atom. The molecule has 0 saturated carbocycles. The van der Waals surface area contributed by atoms with Crippen LogP contribution in [0.3, 0.4) is 0 Å². The second-order valence-electron chi connectivity index (χ2n) is 5.24. The fourth-order valence-electron chi connectivity index (χ4n) is 2.64. The molecule has 2 rings (SSSR count). The minimum absolute atomic E-state index is 0.0118. The molecule has 0 fully saturated rings. The van der Waals surface area contributed by atoms with E-state index in [-0.39, 0.29) is 12.5 Å². The summed E-state index contributed by atoms with van der Waals surface area (Å²) in [5.41, 5.74) is 2.96. The maximum Gasteiger partial charge on any atom is 0.256 e. The van der Waals surface area contributed by atoms with E-state index in [1.807, 2.05) is 12.1 Å². The zero-order valence-corrected chi connectivity index (χ0v) is 12.2. The van der Waals surface area contributed by atoms with Crippen molar-refractivity contribution in [1.82, 2.24) is 4.90 Å². The van der Waals surface area contributed by atoms with Crippen molar-refractivity contribution in [3.8, 4) is 0 Å². The first-order valence-corrected chi connectivity index (χ1v) is 7.53. The van der Waals surface area contributed by atoms with Crippen LogP contribution >= 0.6 is 0 Å². The number of aliphatic hydroxyl groups excluding tert-OH is 1. The second-order valence-corrected chi connectivity index (χ2v) is 5.24. The number of rotatable bonds is 6. The lowest BCUT2D eigenvalue weighted by Crippen LogP contribution is -2.35. The van der Waals surface area contributed by atoms with Gasteiger partial charge in [-0.1, -0.05) is 25.5 Å². The highest BCUT2D eigenvalue weighted by molar-refractivity contribution is 6.00. The first-order chi connectivity index (χ1) is 9.77. The van der Waals surface area contributed by atoms with E-state index in [1.54, 1.807) is 4.90 Å². The van der Waals surface area contributed by atoms with Crippen LogP contribution < -0.4 is 5.32 Å². The lowest BCUT2D eigenvalue weighted by atomic mass is 9.98. The summed E-state index contributed by atoms with van der Waals surface area (Å²) in [6, 6.07) is 5.92. The highest BCUT2D eigenvalue weighted by Gasteiger charge is 2.21. The summed E-state index contributed by atoms with van der Waals surface area (Å²) < 4.78 is 0. The van der Waals surface area contributed by atoms with Crippen molar-refractivity contribution in [3.63, 3.8) is 0 Å². The van der Waals surface area contributed by atoms with Gasteiger partial charge in [0.2, 0.25) is 0 Å². The number of hydrogen-bond donors (Lipinski definition) is 2. The van der Waals surface area contributed by atoms with Gasteiger partial charge >= 0.3 is 0 Å². The first kappa shape index (κ1) is 14.9. The van der Waals surface area contributed by atoms with Crippen molar-refractivity contribution in [2.75, 3.05) is 31.6 Å². The smallest absolute Gasteiger partial charge is 0.256 e. The minimum Gasteiger partial charge on any atom is -0.395 e. The van der Waals surface area contributed by atoms with Gasteiger partial charge in [0, 0.05) is 19.6 Å². The second kappa shape index (κ2) is 7.29. The van der Waals surface area contributed by atoms with Gasteiger partial charge in [-0.2, -0.15) is 0 Å². The molecule has 0 radical (unpaired) electrons. The highest BCUT2D eigenvalue weighted by Crippen LogP contribution is 2.27. The molecule has 1 aromatic carbocycles. The molecule has 0 unspecified atom stereocenters. The Balaban J connectivity index is 2.22. The number of para-hydroxylation sites is 1. The van der Waals surface area contributed by atoms with E-state index in [0.29, 0.717) is 13.1 Å². The first-order valence-electron chi connectivity index (χ1n) is 7.53. The van der Waals surface area contributed by atoms with E-state index in [9.17, 15) is 4.79 Å². The van der Waals surface area contributed by atoms with Gasteiger partial charge in [-0.05, 0) is 30.9 Å². The summed E-state index contributed by atoms with van der Waals surface area (Å²) in [6.07, 6.45) is 4.15. The van der Waals surface area contributed by atoms with Crippen molar-refractivity contribution >= 4 is 11.6 Å². The maximum absolute atomic E-state index is 12.7. The topological polar surface area (TPSA) is 52.6 Å². The molecule has 0 bridgehead atoms. The van der Waals surface area contributed by atoms with Crippen molar-refractivity contribution in [3.05, 3.63) is 29.3 Å². The number of carbonyl (C=O) groups is 1. The molecule has 20 heavy (non-hydrogen) atoms. The molecular weight excluding hydrogens is 252 g/mol. The third kappa shape index (κ3) is 3.31. The molecule has 1 aliphatic heterocycles. The van der Waals surface area contributed by atoms with Crippen LogP contribution in [0.1, 0.15) is 42.1 Å². The Morgan fingerprint density at radius 1 is 1.40 bits per heavy atom. The number of nitrogens with one attached hydrogen (secondary N) is 1. The van der Waals surface area contributed by atoms with Gasteiger partial charge in [0.25, 0.3) is 5.91 Å². The molecule has 1 aliphatic rings. The molecular formula is C16H24N2O2. The molecule has 0 saturated heterocycles. The van der Waals surface area contributed by atoms with Crippen molar-refractivity contribution in [2.24, 2.45) is 0 Å². The zero-order chi connectivity index (χ0) is 14.4. The minimum atomic E-state index is 0.0118. The number of amides is 1. The van der Waals surface area contributed by atoms with E-state index >= 15 is 0 Å². The molecule has 1 aromatic rings. The van der Waals surface area contributed by atoms with Crippen LogP contribution in [-0.4, -0.2) is 42.2 Å². The number of aliphatic hydroxyl groups is 1. The van der Waals surface area contributed by atoms with Gasteiger partial charge in [-0.3, -0.25) is 4.79 Å². The fraction of sp³-hybridized carbons (Fsp3) is 0.562. The SMILES string of the molecule is CCCCN(CCO)C(=O)c1cccc2c1NCCC2. The Labute approximate surface area is 120 Å². The number of fused-ring (bicyclic) bond motifs is 1. The fourth-order valence-corrected chi connectivity index (χ4v) is 2.64. The average molecular weight is 276 g/mol. The van der Waals surface area contributed by atoms with Crippen LogP contribution in [-0.2, 0) is 6.42 Å². The van der Waals surface area contributed by atoms with Crippen molar-refractivity contribution in [1.29, 1.82) is 0 Å². The van der Waals surface area contributed by atoms with Crippen molar-refractivity contribution in [2.45, 2.75) is 32.6 Å². The van der Waals surface area contributed by atoms with E-state index < -0.39 is 0 Å². The predicted molar refractivity (Wildman–Crippen MR) is 81.2 cm³/mol. The van der Waals surface area contributed by atoms with Gasteiger partial charge in [-0.25, -0.2) is 0 Å². The highest BCUT2D eigenvalue weighted by atomic mass is 16.3. The number of hydrogen-bond acceptors (Lipinski definition) is 3. The van der Waals surface area contributed by atoms with Gasteiger partial charge in [-0.15, -0.1) is 0 Å². The molecule has 4 nitrogen and oxygen atoms in total. The van der Waals surface area contributed by atoms with Gasteiger partial charge < -0.3 is 15.3 Å². The molecule has 0 aliphatic carbocycles. The number of benzene rings is 1. The third-order valence-electron chi connectivity index (χ3n) is 3.74. The van der Waals surface area contributed by atoms with Crippen LogP contribution in [0.25, 0.3) is 0 Å². The maximum atomic E-state index is 12.7. The summed E-state index contributed by atoms with van der Waals surface area (Å²) in [5, 5.41) is 12.5. The number of aryl methyl sites for hydroxylation is 1. The Morgan fingerprint density at radius 3 is 3.00 bits per heavy atom. The summed E-state index contributed by atoms with van der Waals surface area (Å²) in [4.78, 5) is 14.4. The van der Waals surface area contributed by atoms with Crippen LogP contribution in [0.5, 0.6) is 0 Å². The molecule has 1 amide bonds. The average Bonchev–Trinajstić information content (AvgIpc) is 2.50. The van der Waals surface area contributed by atoms with E-state index in [4.69, 9.17) is 5.11 Å². The van der Waals surface area contributed by atoms with E-state index in [2.05, 4.69) is 18.3 Å². The number of nitrogens with zero attached hydrogens (tertiary/aromatic N) is 1. The number of anilines is 1. The lowest BCUT2D eigenvalue weighted by molar-refractivity contribution is 0.0720. The quantitative estimate of drug-likeness (QED) is 0.838. The van der Waals surface area contributed by atoms with Crippen molar-refractivity contribution < 1.29 is 9.90 Å². The monoisotopic (exact) mass is 276 g/mol. The molecule has 4 heteroatoms. The van der Waals surface area contributed by atoms with E-state index in [1.165, 1.54) is 5.56 Å². The Hall–Kier alpha value is -1.55. The van der Waals surface area contributed by atoms with Gasteiger partial charge in [0.05, 0.1) is 17.9 Å². The zero-order valence-electron chi connectivity index (χ0n) is 12.2. The number of unbranched alkanes of at least 4 members (excludes halogenated alkanes) is 1. The molecule has 0 spiro atoms. The van der Waals surface area contributed by atoms with Gasteiger partial charge in [0.1, 0.15) is 0 Å². The molecule has 0 aromatic heterocycles. The van der Waals surface area contributed by atoms with Crippen LogP contribution in [0.4, 0.5) is 5.69 Å². The Bertz CT molecular complexity index is 460. The molecule has 1 heterocycles. The summed E-state index contributed by atoms with van der Waals surface area (Å²) in [5.74, 6) is 0.0266. The van der Waals surface area contributed by atoms with Gasteiger partial charge in [0.15, 0.2) is 0 Å².